The maximum atomic E-state index is 12.2. The largest absolute Gasteiger partial charge is 0.348 e. The molecular weight excluding hydrogens is 288 g/mol. The molecule has 1 aromatic rings. The monoisotopic (exact) mass is 310 g/mol. The van der Waals surface area contributed by atoms with Gasteiger partial charge >= 0.3 is 0 Å². The predicted octanol–water partition coefficient (Wildman–Crippen LogP) is 2.81. The fourth-order valence-corrected chi connectivity index (χ4v) is 3.26. The minimum Gasteiger partial charge on any atom is -0.348 e. The molecular formula is C16H22O4S. The highest BCUT2D eigenvalue weighted by atomic mass is 32.2. The number of ether oxygens (including phenoxy) is 2. The zero-order chi connectivity index (χ0) is 15.5. The lowest BCUT2D eigenvalue weighted by Crippen LogP contribution is -2.38. The summed E-state index contributed by atoms with van der Waals surface area (Å²) in [6, 6.07) is 8.45. The first-order chi connectivity index (χ1) is 9.80. The van der Waals surface area contributed by atoms with Crippen molar-refractivity contribution in [2.24, 2.45) is 5.41 Å². The van der Waals surface area contributed by atoms with Gasteiger partial charge in [-0.3, -0.25) is 0 Å². The van der Waals surface area contributed by atoms with Crippen LogP contribution in [0.4, 0.5) is 0 Å². The summed E-state index contributed by atoms with van der Waals surface area (Å²) in [5.41, 5.74) is 0.803. The van der Waals surface area contributed by atoms with Crippen LogP contribution < -0.4 is 0 Å². The smallest absolute Gasteiger partial charge is 0.181 e. The van der Waals surface area contributed by atoms with Crippen molar-refractivity contribution in [1.29, 1.82) is 0 Å². The van der Waals surface area contributed by atoms with Crippen LogP contribution in [0.5, 0.6) is 0 Å². The Kier molecular flexibility index (Phi) is 4.86. The number of hydrogen-bond acceptors (Lipinski definition) is 4. The molecule has 0 unspecified atom stereocenters. The zero-order valence-corrected chi connectivity index (χ0v) is 13.5. The summed E-state index contributed by atoms with van der Waals surface area (Å²) in [5, 5.41) is 0. The van der Waals surface area contributed by atoms with Gasteiger partial charge in [0.25, 0.3) is 0 Å². The fraction of sp³-hybridized carbons (Fsp3) is 0.500. The van der Waals surface area contributed by atoms with Crippen LogP contribution >= 0.6 is 0 Å². The highest BCUT2D eigenvalue weighted by Gasteiger charge is 2.29. The van der Waals surface area contributed by atoms with E-state index in [0.717, 1.165) is 5.57 Å². The van der Waals surface area contributed by atoms with Crippen molar-refractivity contribution in [3.8, 4) is 0 Å². The summed E-state index contributed by atoms with van der Waals surface area (Å²) >= 11 is 0. The second-order valence-electron chi connectivity index (χ2n) is 6.16. The van der Waals surface area contributed by atoms with E-state index in [1.807, 2.05) is 6.92 Å². The van der Waals surface area contributed by atoms with Crippen molar-refractivity contribution in [1.82, 2.24) is 0 Å². The van der Waals surface area contributed by atoms with Crippen LogP contribution in [0.3, 0.4) is 0 Å². The molecule has 0 radical (unpaired) electrons. The average molecular weight is 310 g/mol. The van der Waals surface area contributed by atoms with Crippen LogP contribution in [0, 0.1) is 5.41 Å². The summed E-state index contributed by atoms with van der Waals surface area (Å²) in [7, 11) is -3.30. The first-order valence-electron chi connectivity index (χ1n) is 6.98. The van der Waals surface area contributed by atoms with Crippen molar-refractivity contribution in [2.75, 3.05) is 19.0 Å². The van der Waals surface area contributed by atoms with E-state index in [-0.39, 0.29) is 11.2 Å². The summed E-state index contributed by atoms with van der Waals surface area (Å²) in [6.45, 7) is 7.19. The summed E-state index contributed by atoms with van der Waals surface area (Å²) in [4.78, 5) is 0.334. The van der Waals surface area contributed by atoms with Gasteiger partial charge in [0, 0.05) is 5.41 Å². The maximum absolute atomic E-state index is 12.2. The summed E-state index contributed by atoms with van der Waals surface area (Å²) in [5.74, 6) is -0.0462. The van der Waals surface area contributed by atoms with Crippen LogP contribution in [0.25, 0.3) is 0 Å². The van der Waals surface area contributed by atoms with Crippen LogP contribution in [0.2, 0.25) is 0 Å². The molecule has 0 aliphatic carbocycles. The van der Waals surface area contributed by atoms with Gasteiger partial charge in [0.05, 0.1) is 23.9 Å². The summed E-state index contributed by atoms with van der Waals surface area (Å²) < 4.78 is 35.7. The lowest BCUT2D eigenvalue weighted by molar-refractivity contribution is -0.202. The number of sulfone groups is 1. The molecule has 0 aromatic heterocycles. The molecule has 0 amide bonds. The first kappa shape index (κ1) is 16.2. The van der Waals surface area contributed by atoms with Crippen molar-refractivity contribution in [3.63, 3.8) is 0 Å². The standard InChI is InChI=1S/C16H22O4S/c1-13(15-19-11-16(2,3)12-20-15)9-10-21(17,18)14-7-5-4-6-8-14/h4-9,15H,10-12H2,1-3H3/b13-9-. The van der Waals surface area contributed by atoms with E-state index in [1.54, 1.807) is 36.4 Å². The Morgan fingerprint density at radius 3 is 2.38 bits per heavy atom. The average Bonchev–Trinajstić information content (AvgIpc) is 2.46. The van der Waals surface area contributed by atoms with Crippen molar-refractivity contribution in [3.05, 3.63) is 42.0 Å². The van der Waals surface area contributed by atoms with Gasteiger partial charge in [0.2, 0.25) is 0 Å². The van der Waals surface area contributed by atoms with Gasteiger partial charge in [-0.15, -0.1) is 0 Å². The second kappa shape index (κ2) is 6.30. The van der Waals surface area contributed by atoms with Crippen LogP contribution in [0.15, 0.2) is 46.9 Å². The van der Waals surface area contributed by atoms with E-state index in [4.69, 9.17) is 9.47 Å². The third-order valence-corrected chi connectivity index (χ3v) is 4.95. The molecule has 116 valence electrons. The first-order valence-corrected chi connectivity index (χ1v) is 8.63. The highest BCUT2D eigenvalue weighted by molar-refractivity contribution is 7.91. The molecule has 1 heterocycles. The molecule has 5 heteroatoms. The molecule has 2 rings (SSSR count). The quantitative estimate of drug-likeness (QED) is 0.803. The van der Waals surface area contributed by atoms with E-state index in [0.29, 0.717) is 18.1 Å². The zero-order valence-electron chi connectivity index (χ0n) is 12.7. The lowest BCUT2D eigenvalue weighted by Gasteiger charge is -2.35. The molecule has 0 saturated carbocycles. The molecule has 1 aliphatic rings. The van der Waals surface area contributed by atoms with Crippen molar-refractivity contribution >= 4 is 9.84 Å². The highest BCUT2D eigenvalue weighted by Crippen LogP contribution is 2.25. The van der Waals surface area contributed by atoms with E-state index in [1.165, 1.54) is 0 Å². The molecule has 0 bridgehead atoms. The van der Waals surface area contributed by atoms with E-state index in [9.17, 15) is 8.42 Å². The third kappa shape index (κ3) is 4.40. The van der Waals surface area contributed by atoms with E-state index >= 15 is 0 Å². The van der Waals surface area contributed by atoms with Gasteiger partial charge in [0.1, 0.15) is 0 Å². The molecule has 21 heavy (non-hydrogen) atoms. The SMILES string of the molecule is C/C(=C/CS(=O)(=O)c1ccccc1)C1OCC(C)(C)CO1. The normalized spacial score (nSPS) is 20.4. The molecule has 4 nitrogen and oxygen atoms in total. The topological polar surface area (TPSA) is 52.6 Å². The molecule has 1 saturated heterocycles. The fourth-order valence-electron chi connectivity index (χ4n) is 2.02. The Labute approximate surface area is 126 Å². The second-order valence-corrected chi connectivity index (χ2v) is 8.19. The van der Waals surface area contributed by atoms with Gasteiger partial charge < -0.3 is 9.47 Å². The van der Waals surface area contributed by atoms with Crippen LogP contribution in [-0.2, 0) is 19.3 Å². The van der Waals surface area contributed by atoms with Gasteiger partial charge in [-0.1, -0.05) is 38.1 Å². The third-order valence-electron chi connectivity index (χ3n) is 3.35. The van der Waals surface area contributed by atoms with Gasteiger partial charge in [-0.05, 0) is 24.6 Å². The Hall–Kier alpha value is -1.17. The molecule has 1 fully saturated rings. The minimum absolute atomic E-state index is 0.00684. The van der Waals surface area contributed by atoms with Gasteiger partial charge in [-0.25, -0.2) is 8.42 Å². The molecule has 1 aromatic carbocycles. The molecule has 0 N–H and O–H groups in total. The lowest BCUT2D eigenvalue weighted by atomic mass is 9.95. The number of benzene rings is 1. The van der Waals surface area contributed by atoms with Crippen LogP contribution in [-0.4, -0.2) is 33.7 Å². The van der Waals surface area contributed by atoms with E-state index < -0.39 is 16.1 Å². The molecule has 0 atom stereocenters. The van der Waals surface area contributed by atoms with Gasteiger partial charge in [-0.2, -0.15) is 0 Å². The maximum Gasteiger partial charge on any atom is 0.181 e. The number of rotatable bonds is 4. The Morgan fingerprint density at radius 1 is 1.24 bits per heavy atom. The minimum atomic E-state index is -3.30. The molecule has 0 spiro atoms. The Bertz CT molecular complexity index is 592. The summed E-state index contributed by atoms with van der Waals surface area (Å²) in [6.07, 6.45) is 1.23. The van der Waals surface area contributed by atoms with Crippen molar-refractivity contribution in [2.45, 2.75) is 32.0 Å². The van der Waals surface area contributed by atoms with Crippen molar-refractivity contribution < 1.29 is 17.9 Å². The van der Waals surface area contributed by atoms with E-state index in [2.05, 4.69) is 13.8 Å². The van der Waals surface area contributed by atoms with Gasteiger partial charge in [0.15, 0.2) is 16.1 Å². The Balaban J connectivity index is 2.01. The predicted molar refractivity (Wildman–Crippen MR) is 81.7 cm³/mol. The van der Waals surface area contributed by atoms with Crippen LogP contribution in [0.1, 0.15) is 20.8 Å². The molecule has 1 aliphatic heterocycles. The Morgan fingerprint density at radius 2 is 1.81 bits per heavy atom. The number of hydrogen-bond donors (Lipinski definition) is 0.